The fraction of sp³-hybridized carbons (Fsp3) is 0.265. The van der Waals surface area contributed by atoms with E-state index in [0.717, 1.165) is 53.8 Å². The number of rotatable bonds is 9. The molecule has 40 heavy (non-hydrogen) atoms. The van der Waals surface area contributed by atoms with E-state index in [4.69, 9.17) is 4.98 Å². The van der Waals surface area contributed by atoms with Crippen molar-refractivity contribution in [2.24, 2.45) is 0 Å². The molecule has 202 valence electrons. The number of nitrogens with one attached hydrogen (secondary N) is 1. The van der Waals surface area contributed by atoms with Gasteiger partial charge in [-0.3, -0.25) is 4.98 Å². The van der Waals surface area contributed by atoms with Crippen molar-refractivity contribution in [3.63, 3.8) is 0 Å². The van der Waals surface area contributed by atoms with Gasteiger partial charge in [0.15, 0.2) is 0 Å². The first-order valence-electron chi connectivity index (χ1n) is 14.2. The van der Waals surface area contributed by atoms with Gasteiger partial charge in [-0.05, 0) is 78.8 Å². The quantitative estimate of drug-likeness (QED) is 0.204. The number of pyridine rings is 1. The molecule has 0 radical (unpaired) electrons. The van der Waals surface area contributed by atoms with E-state index in [9.17, 15) is 9.90 Å². The summed E-state index contributed by atoms with van der Waals surface area (Å²) >= 11 is 0. The number of carboxylic acids is 1. The van der Waals surface area contributed by atoms with Crippen LogP contribution >= 0.6 is 0 Å². The summed E-state index contributed by atoms with van der Waals surface area (Å²) in [7, 11) is 0. The van der Waals surface area contributed by atoms with Gasteiger partial charge in [-0.15, -0.1) is 0 Å². The van der Waals surface area contributed by atoms with E-state index in [2.05, 4.69) is 69.5 Å². The first-order chi connectivity index (χ1) is 19.7. The summed E-state index contributed by atoms with van der Waals surface area (Å²) in [6.45, 7) is 0.699. The number of carboxylic acid groups (broad SMARTS) is 1. The summed E-state index contributed by atoms with van der Waals surface area (Å²) in [6.07, 6.45) is 11.6. The molecule has 2 N–H and O–H groups in total. The molecule has 1 aliphatic carbocycles. The van der Waals surface area contributed by atoms with Crippen molar-refractivity contribution in [1.29, 1.82) is 0 Å². The molecular formula is C34H34N4O2. The zero-order valence-electron chi connectivity index (χ0n) is 22.6. The third-order valence-corrected chi connectivity index (χ3v) is 7.97. The van der Waals surface area contributed by atoms with Gasteiger partial charge >= 0.3 is 5.97 Å². The Balaban J connectivity index is 1.27. The van der Waals surface area contributed by atoms with Crippen LogP contribution < -0.4 is 5.32 Å². The van der Waals surface area contributed by atoms with Gasteiger partial charge in [0.1, 0.15) is 5.82 Å². The average molecular weight is 531 g/mol. The normalized spacial score (nSPS) is 13.9. The molecule has 0 aliphatic heterocycles. The molecule has 0 amide bonds. The summed E-state index contributed by atoms with van der Waals surface area (Å²) in [5, 5.41) is 13.2. The number of para-hydroxylation sites is 1. The van der Waals surface area contributed by atoms with Crippen molar-refractivity contribution >= 4 is 22.7 Å². The number of anilines is 1. The standard InChI is InChI=1S/C34H34N4O2/c39-34(40)28-17-18-32-31(21-28)37-33(38(32)29-12-2-1-3-13-29)27-11-6-8-25(20-27)23-36-30-14-5-4-10-26(30)16-15-24-9-7-19-35-22-24/h4-11,14,17-22,29,36H,1-3,12-13,15-16,23H2,(H,39,40). The van der Waals surface area contributed by atoms with Gasteiger partial charge in [0.2, 0.25) is 0 Å². The minimum Gasteiger partial charge on any atom is -0.478 e. The van der Waals surface area contributed by atoms with E-state index in [-0.39, 0.29) is 5.56 Å². The lowest BCUT2D eigenvalue weighted by molar-refractivity contribution is 0.0697. The Morgan fingerprint density at radius 2 is 1.75 bits per heavy atom. The highest BCUT2D eigenvalue weighted by molar-refractivity contribution is 5.93. The zero-order valence-corrected chi connectivity index (χ0v) is 22.6. The predicted octanol–water partition coefficient (Wildman–Crippen LogP) is 7.70. The molecule has 1 aliphatic rings. The molecule has 0 saturated heterocycles. The van der Waals surface area contributed by atoms with Crippen molar-refractivity contribution in [1.82, 2.24) is 14.5 Å². The Bertz CT molecular complexity index is 1620. The van der Waals surface area contributed by atoms with E-state index >= 15 is 0 Å². The summed E-state index contributed by atoms with van der Waals surface area (Å²) in [4.78, 5) is 20.9. The number of hydrogen-bond donors (Lipinski definition) is 2. The number of imidazole rings is 1. The minimum atomic E-state index is -0.926. The first-order valence-corrected chi connectivity index (χ1v) is 14.2. The highest BCUT2D eigenvalue weighted by Gasteiger charge is 2.23. The second-order valence-corrected chi connectivity index (χ2v) is 10.7. The molecule has 0 unspecified atom stereocenters. The first kappa shape index (κ1) is 25.8. The van der Waals surface area contributed by atoms with Gasteiger partial charge in [-0.1, -0.05) is 61.7 Å². The van der Waals surface area contributed by atoms with Crippen LogP contribution in [0.5, 0.6) is 0 Å². The van der Waals surface area contributed by atoms with Crippen molar-refractivity contribution in [2.75, 3.05) is 5.32 Å². The van der Waals surface area contributed by atoms with Crippen LogP contribution in [0.1, 0.15) is 65.2 Å². The van der Waals surface area contributed by atoms with Gasteiger partial charge < -0.3 is 15.0 Å². The molecule has 3 aromatic carbocycles. The average Bonchev–Trinajstić information content (AvgIpc) is 3.39. The number of hydrogen-bond acceptors (Lipinski definition) is 4. The largest absolute Gasteiger partial charge is 0.478 e. The highest BCUT2D eigenvalue weighted by Crippen LogP contribution is 2.36. The van der Waals surface area contributed by atoms with Crippen molar-refractivity contribution in [3.8, 4) is 11.4 Å². The topological polar surface area (TPSA) is 80.0 Å². The van der Waals surface area contributed by atoms with Crippen LogP contribution in [0.25, 0.3) is 22.4 Å². The van der Waals surface area contributed by atoms with Gasteiger partial charge in [0.25, 0.3) is 0 Å². The van der Waals surface area contributed by atoms with Crippen LogP contribution in [-0.2, 0) is 19.4 Å². The summed E-state index contributed by atoms with van der Waals surface area (Å²) in [5.41, 5.74) is 7.93. The monoisotopic (exact) mass is 530 g/mol. The number of fused-ring (bicyclic) bond motifs is 1. The third-order valence-electron chi connectivity index (χ3n) is 7.97. The molecule has 2 aromatic heterocycles. The van der Waals surface area contributed by atoms with E-state index < -0.39 is 5.97 Å². The molecule has 0 spiro atoms. The molecule has 0 atom stereocenters. The predicted molar refractivity (Wildman–Crippen MR) is 160 cm³/mol. The van der Waals surface area contributed by atoms with Crippen LogP contribution in [0.2, 0.25) is 0 Å². The van der Waals surface area contributed by atoms with Gasteiger partial charge in [-0.25, -0.2) is 9.78 Å². The molecule has 1 saturated carbocycles. The number of carbonyl (C=O) groups is 1. The smallest absolute Gasteiger partial charge is 0.335 e. The second-order valence-electron chi connectivity index (χ2n) is 10.7. The van der Waals surface area contributed by atoms with E-state index in [0.29, 0.717) is 12.6 Å². The molecule has 5 aromatic rings. The Morgan fingerprint density at radius 3 is 2.58 bits per heavy atom. The zero-order chi connectivity index (χ0) is 27.3. The van der Waals surface area contributed by atoms with Crippen LogP contribution in [0.4, 0.5) is 5.69 Å². The van der Waals surface area contributed by atoms with Gasteiger partial charge in [0.05, 0.1) is 16.6 Å². The summed E-state index contributed by atoms with van der Waals surface area (Å²) < 4.78 is 2.36. The van der Waals surface area contributed by atoms with Crippen molar-refractivity contribution in [2.45, 2.75) is 57.5 Å². The van der Waals surface area contributed by atoms with Gasteiger partial charge in [0, 0.05) is 36.2 Å². The lowest BCUT2D eigenvalue weighted by Gasteiger charge is -2.25. The number of aryl methyl sites for hydroxylation is 2. The SMILES string of the molecule is O=C(O)c1ccc2c(c1)nc(-c1cccc(CNc3ccccc3CCc3cccnc3)c1)n2C1CCCCC1. The highest BCUT2D eigenvalue weighted by atomic mass is 16.4. The molecule has 6 nitrogen and oxygen atoms in total. The van der Waals surface area contributed by atoms with Crippen LogP contribution in [0.3, 0.4) is 0 Å². The third kappa shape index (κ3) is 5.62. The molecular weight excluding hydrogens is 496 g/mol. The minimum absolute atomic E-state index is 0.271. The lowest BCUT2D eigenvalue weighted by Crippen LogP contribution is -2.14. The Kier molecular flexibility index (Phi) is 7.58. The van der Waals surface area contributed by atoms with E-state index in [1.54, 1.807) is 12.1 Å². The van der Waals surface area contributed by atoms with Crippen LogP contribution in [0.15, 0.2) is 91.3 Å². The Morgan fingerprint density at radius 1 is 0.900 bits per heavy atom. The van der Waals surface area contributed by atoms with Crippen molar-refractivity contribution in [3.05, 3.63) is 114 Å². The summed E-state index contributed by atoms with van der Waals surface area (Å²) in [5.74, 6) is -0.00684. The molecule has 0 bridgehead atoms. The van der Waals surface area contributed by atoms with E-state index in [1.807, 2.05) is 24.5 Å². The Hall–Kier alpha value is -4.45. The van der Waals surface area contributed by atoms with Crippen LogP contribution in [-0.4, -0.2) is 25.6 Å². The fourth-order valence-corrected chi connectivity index (χ4v) is 5.90. The van der Waals surface area contributed by atoms with Crippen molar-refractivity contribution < 1.29 is 9.90 Å². The molecule has 6 heteroatoms. The second kappa shape index (κ2) is 11.7. The Labute approximate surface area is 234 Å². The molecule has 2 heterocycles. The number of aromatic nitrogens is 3. The number of benzene rings is 3. The number of aromatic carboxylic acids is 1. The maximum absolute atomic E-state index is 11.6. The molecule has 1 fully saturated rings. The fourth-order valence-electron chi connectivity index (χ4n) is 5.90. The molecule has 6 rings (SSSR count). The number of nitrogens with zero attached hydrogens (tertiary/aromatic N) is 3. The maximum atomic E-state index is 11.6. The van der Waals surface area contributed by atoms with Gasteiger partial charge in [-0.2, -0.15) is 0 Å². The lowest BCUT2D eigenvalue weighted by atomic mass is 9.94. The van der Waals surface area contributed by atoms with E-state index in [1.165, 1.54) is 36.0 Å². The maximum Gasteiger partial charge on any atom is 0.335 e. The van der Waals surface area contributed by atoms with Crippen LogP contribution in [0, 0.1) is 0 Å². The summed E-state index contributed by atoms with van der Waals surface area (Å²) in [6, 6.07) is 26.9.